The van der Waals surface area contributed by atoms with Gasteiger partial charge < -0.3 is 24.0 Å². The van der Waals surface area contributed by atoms with Crippen molar-refractivity contribution < 1.29 is 23.8 Å². The summed E-state index contributed by atoms with van der Waals surface area (Å²) in [5, 5.41) is 11.9. The van der Waals surface area contributed by atoms with Crippen LogP contribution in [0.15, 0.2) is 74.9 Å². The molecule has 0 unspecified atom stereocenters. The van der Waals surface area contributed by atoms with E-state index in [1.165, 1.54) is 12.3 Å². The van der Waals surface area contributed by atoms with Gasteiger partial charge in [-0.1, -0.05) is 23.7 Å². The SMILES string of the molecule is COc1ccc2[nH]c(=O)c([C@H]3CC(=O)Oc4cc(O)c5c(=O)c(-c6ccc(Cl)cc6)coc5c43)cc2c1. The second-order valence-electron chi connectivity index (χ2n) is 8.73. The number of phenols is 1. The van der Waals surface area contributed by atoms with Gasteiger partial charge in [-0.25, -0.2) is 0 Å². The minimum atomic E-state index is -0.789. The van der Waals surface area contributed by atoms with E-state index in [9.17, 15) is 19.5 Å². The van der Waals surface area contributed by atoms with Gasteiger partial charge in [0.1, 0.15) is 34.5 Å². The first-order valence-corrected chi connectivity index (χ1v) is 11.7. The molecule has 5 aromatic rings. The number of carbonyl (C=O) groups is 1. The fourth-order valence-electron chi connectivity index (χ4n) is 4.81. The highest BCUT2D eigenvalue weighted by atomic mass is 35.5. The summed E-state index contributed by atoms with van der Waals surface area (Å²) in [5.74, 6) is -1.14. The van der Waals surface area contributed by atoms with E-state index in [0.29, 0.717) is 32.8 Å². The molecular weight excluding hydrogens is 498 g/mol. The molecule has 0 amide bonds. The Kier molecular flexibility index (Phi) is 5.27. The summed E-state index contributed by atoms with van der Waals surface area (Å²) < 4.78 is 16.6. The molecule has 2 N–H and O–H groups in total. The van der Waals surface area contributed by atoms with Crippen molar-refractivity contribution in [3.05, 3.63) is 97.6 Å². The number of ether oxygens (including phenoxy) is 2. The Hall–Kier alpha value is -4.56. The van der Waals surface area contributed by atoms with Crippen molar-refractivity contribution in [2.45, 2.75) is 12.3 Å². The summed E-state index contributed by atoms with van der Waals surface area (Å²) in [4.78, 5) is 42.0. The Morgan fingerprint density at radius 1 is 1.05 bits per heavy atom. The first kappa shape index (κ1) is 22.9. The van der Waals surface area contributed by atoms with Crippen molar-refractivity contribution in [2.75, 3.05) is 7.11 Å². The van der Waals surface area contributed by atoms with Crippen molar-refractivity contribution in [1.29, 1.82) is 0 Å². The molecule has 37 heavy (non-hydrogen) atoms. The Balaban J connectivity index is 1.61. The number of hydrogen-bond acceptors (Lipinski definition) is 7. The molecule has 1 aliphatic rings. The molecule has 0 radical (unpaired) electrons. The van der Waals surface area contributed by atoms with Crippen LogP contribution in [0.1, 0.15) is 23.5 Å². The van der Waals surface area contributed by atoms with Crippen LogP contribution < -0.4 is 20.5 Å². The standard InChI is InChI=1S/C28H18ClNO7/c1-35-16-6-7-20-14(8-16)9-18(28(34)30-20)17-10-23(32)37-22-11-21(31)25-26(33)19(12-36-27(25)24(17)22)13-2-4-15(29)5-3-13/h2-9,11-12,17,31H,10H2,1H3,(H,30,34)/t17-/m1/s1. The van der Waals surface area contributed by atoms with Gasteiger partial charge in [0, 0.05) is 39.0 Å². The van der Waals surface area contributed by atoms with Gasteiger partial charge >= 0.3 is 5.97 Å². The summed E-state index contributed by atoms with van der Waals surface area (Å²) in [6.07, 6.45) is 1.13. The van der Waals surface area contributed by atoms with E-state index < -0.39 is 28.6 Å². The topological polar surface area (TPSA) is 119 Å². The number of pyridine rings is 1. The largest absolute Gasteiger partial charge is 0.507 e. The van der Waals surface area contributed by atoms with Crippen molar-refractivity contribution in [3.8, 4) is 28.4 Å². The summed E-state index contributed by atoms with van der Waals surface area (Å²) >= 11 is 5.97. The molecular formula is C28H18ClNO7. The Bertz CT molecular complexity index is 1850. The number of phenolic OH excluding ortho intramolecular Hbond substituents is 1. The molecule has 0 bridgehead atoms. The van der Waals surface area contributed by atoms with Gasteiger partial charge in [0.15, 0.2) is 0 Å². The number of aromatic hydroxyl groups is 1. The lowest BCUT2D eigenvalue weighted by Crippen LogP contribution is -2.26. The molecule has 6 rings (SSSR count). The van der Waals surface area contributed by atoms with Crippen LogP contribution in [0.3, 0.4) is 0 Å². The number of H-pyrrole nitrogens is 1. The smallest absolute Gasteiger partial charge is 0.312 e. The van der Waals surface area contributed by atoms with Gasteiger partial charge in [-0.2, -0.15) is 0 Å². The van der Waals surface area contributed by atoms with Gasteiger partial charge in [-0.05, 0) is 42.0 Å². The molecule has 0 aliphatic carbocycles. The number of aromatic nitrogens is 1. The number of methoxy groups -OCH3 is 1. The molecule has 8 nitrogen and oxygen atoms in total. The minimum absolute atomic E-state index is 0.0267. The summed E-state index contributed by atoms with van der Waals surface area (Å²) in [6.45, 7) is 0. The van der Waals surface area contributed by atoms with Crippen LogP contribution in [0.25, 0.3) is 33.0 Å². The Morgan fingerprint density at radius 3 is 2.59 bits per heavy atom. The van der Waals surface area contributed by atoms with E-state index in [2.05, 4.69) is 4.98 Å². The van der Waals surface area contributed by atoms with E-state index in [1.54, 1.807) is 55.6 Å². The van der Waals surface area contributed by atoms with Crippen molar-refractivity contribution in [3.63, 3.8) is 0 Å². The zero-order valence-electron chi connectivity index (χ0n) is 19.3. The zero-order valence-corrected chi connectivity index (χ0v) is 20.1. The highest BCUT2D eigenvalue weighted by molar-refractivity contribution is 6.30. The number of halogens is 1. The maximum Gasteiger partial charge on any atom is 0.312 e. The third-order valence-electron chi connectivity index (χ3n) is 6.58. The predicted molar refractivity (Wildman–Crippen MR) is 138 cm³/mol. The van der Waals surface area contributed by atoms with Crippen LogP contribution in [0.5, 0.6) is 17.2 Å². The number of nitrogens with one attached hydrogen (secondary N) is 1. The first-order chi connectivity index (χ1) is 17.8. The quantitative estimate of drug-likeness (QED) is 0.253. The van der Waals surface area contributed by atoms with E-state index >= 15 is 0 Å². The fourth-order valence-corrected chi connectivity index (χ4v) is 4.94. The van der Waals surface area contributed by atoms with E-state index in [4.69, 9.17) is 25.5 Å². The number of rotatable bonds is 3. The number of carbonyl (C=O) groups excluding carboxylic acids is 1. The van der Waals surface area contributed by atoms with Crippen LogP contribution in [-0.4, -0.2) is 23.2 Å². The number of esters is 1. The molecule has 0 fully saturated rings. The van der Waals surface area contributed by atoms with Crippen LogP contribution in [0, 0.1) is 0 Å². The maximum atomic E-state index is 13.5. The van der Waals surface area contributed by atoms with Gasteiger partial charge in [0.25, 0.3) is 5.56 Å². The highest BCUT2D eigenvalue weighted by Crippen LogP contribution is 2.45. The van der Waals surface area contributed by atoms with Crippen LogP contribution >= 0.6 is 11.6 Å². The van der Waals surface area contributed by atoms with Crippen LogP contribution in [-0.2, 0) is 4.79 Å². The average molecular weight is 516 g/mol. The number of aromatic amines is 1. The van der Waals surface area contributed by atoms with Crippen LogP contribution in [0.4, 0.5) is 0 Å². The van der Waals surface area contributed by atoms with Gasteiger partial charge in [0.05, 0.1) is 19.1 Å². The monoisotopic (exact) mass is 515 g/mol. The minimum Gasteiger partial charge on any atom is -0.507 e. The third-order valence-corrected chi connectivity index (χ3v) is 6.83. The number of benzene rings is 3. The van der Waals surface area contributed by atoms with Crippen molar-refractivity contribution in [2.24, 2.45) is 0 Å². The van der Waals surface area contributed by atoms with E-state index in [-0.39, 0.29) is 34.3 Å². The van der Waals surface area contributed by atoms with Gasteiger partial charge in [0.2, 0.25) is 5.43 Å². The normalized spacial score (nSPS) is 15.0. The van der Waals surface area contributed by atoms with Gasteiger partial charge in [-0.15, -0.1) is 0 Å². The summed E-state index contributed by atoms with van der Waals surface area (Å²) in [7, 11) is 1.54. The first-order valence-electron chi connectivity index (χ1n) is 11.3. The Labute approximate surface area is 213 Å². The predicted octanol–water partition coefficient (Wildman–Crippen LogP) is 5.11. The van der Waals surface area contributed by atoms with Crippen LogP contribution in [0.2, 0.25) is 5.02 Å². The molecule has 0 saturated carbocycles. The van der Waals surface area contributed by atoms with E-state index in [0.717, 1.165) is 0 Å². The summed E-state index contributed by atoms with van der Waals surface area (Å²) in [6, 6.07) is 14.7. The van der Waals surface area contributed by atoms with Gasteiger partial charge in [-0.3, -0.25) is 14.4 Å². The molecule has 0 saturated heterocycles. The molecule has 0 spiro atoms. The lowest BCUT2D eigenvalue weighted by Gasteiger charge is -2.25. The number of hydrogen-bond donors (Lipinski definition) is 2. The fraction of sp³-hybridized carbons (Fsp3) is 0.107. The lowest BCUT2D eigenvalue weighted by molar-refractivity contribution is -0.135. The molecule has 3 heterocycles. The highest BCUT2D eigenvalue weighted by Gasteiger charge is 2.35. The van der Waals surface area contributed by atoms with E-state index in [1.807, 2.05) is 0 Å². The average Bonchev–Trinajstić information content (AvgIpc) is 2.88. The zero-order chi connectivity index (χ0) is 25.8. The van der Waals surface area contributed by atoms with Crippen molar-refractivity contribution >= 4 is 39.4 Å². The third kappa shape index (κ3) is 3.73. The molecule has 9 heteroatoms. The lowest BCUT2D eigenvalue weighted by atomic mass is 9.85. The molecule has 1 atom stereocenters. The molecule has 3 aromatic carbocycles. The molecule has 184 valence electrons. The molecule has 2 aromatic heterocycles. The van der Waals surface area contributed by atoms with Crippen molar-refractivity contribution in [1.82, 2.24) is 4.98 Å². The second kappa shape index (κ2) is 8.53. The Morgan fingerprint density at radius 2 is 1.84 bits per heavy atom. The maximum absolute atomic E-state index is 13.5. The second-order valence-corrected chi connectivity index (χ2v) is 9.17. The molecule has 1 aliphatic heterocycles. The number of fused-ring (bicyclic) bond motifs is 4. The summed E-state index contributed by atoms with van der Waals surface area (Å²) in [5.41, 5.74) is 1.17.